The van der Waals surface area contributed by atoms with Gasteiger partial charge in [-0.25, -0.2) is 4.98 Å². The second kappa shape index (κ2) is 4.57. The third kappa shape index (κ3) is 1.98. The predicted molar refractivity (Wildman–Crippen MR) is 75.7 cm³/mol. The van der Waals surface area contributed by atoms with E-state index in [0.29, 0.717) is 23.3 Å². The number of carbonyl (C=O) groups is 1. The number of carbonyl (C=O) groups excluding carboxylic acids is 1. The predicted octanol–water partition coefficient (Wildman–Crippen LogP) is 0.686. The molecule has 2 N–H and O–H groups in total. The highest BCUT2D eigenvalue weighted by molar-refractivity contribution is 5.93. The number of amides is 1. The van der Waals surface area contributed by atoms with Crippen LogP contribution in [0.5, 0.6) is 0 Å². The van der Waals surface area contributed by atoms with Gasteiger partial charge in [-0.15, -0.1) is 0 Å². The molecule has 0 aromatic carbocycles. The monoisotopic (exact) mass is 281 g/mol. The van der Waals surface area contributed by atoms with Gasteiger partial charge in [-0.1, -0.05) is 0 Å². The van der Waals surface area contributed by atoms with Gasteiger partial charge in [0.05, 0.1) is 5.52 Å². The molecule has 106 valence electrons. The minimum Gasteiger partial charge on any atom is -0.346 e. The summed E-state index contributed by atoms with van der Waals surface area (Å²) >= 11 is 0. The zero-order valence-corrected chi connectivity index (χ0v) is 11.4. The summed E-state index contributed by atoms with van der Waals surface area (Å²) in [5.41, 5.74) is 1.72. The number of rotatable bonds is 2. The van der Waals surface area contributed by atoms with Gasteiger partial charge >= 0.3 is 0 Å². The first kappa shape index (κ1) is 12.4. The third-order valence-electron chi connectivity index (χ3n) is 4.54. The number of nitrogens with one attached hydrogen (secondary N) is 2. The van der Waals surface area contributed by atoms with Crippen LogP contribution < -0.4 is 10.6 Å². The van der Waals surface area contributed by atoms with Crippen molar-refractivity contribution in [2.24, 2.45) is 5.92 Å². The Balaban J connectivity index is 1.55. The fourth-order valence-corrected chi connectivity index (χ4v) is 3.48. The molecule has 2 aliphatic rings. The average molecular weight is 281 g/mol. The first-order valence-corrected chi connectivity index (χ1v) is 7.16. The molecule has 3 heterocycles. The van der Waals surface area contributed by atoms with Crippen LogP contribution in [0.25, 0.3) is 5.52 Å². The Morgan fingerprint density at radius 3 is 3.10 bits per heavy atom. The van der Waals surface area contributed by atoms with Gasteiger partial charge in [0, 0.05) is 12.1 Å². The van der Waals surface area contributed by atoms with Crippen LogP contribution in [-0.2, 0) is 0 Å². The van der Waals surface area contributed by atoms with Crippen LogP contribution in [0.3, 0.4) is 0 Å². The second-order valence-electron chi connectivity index (χ2n) is 5.83. The zero-order valence-electron chi connectivity index (χ0n) is 11.4. The average Bonchev–Trinajstić information content (AvgIpc) is 3.21. The lowest BCUT2D eigenvalue weighted by atomic mass is 10.1. The van der Waals surface area contributed by atoms with E-state index in [1.54, 1.807) is 16.5 Å². The summed E-state index contributed by atoms with van der Waals surface area (Å²) < 4.78 is 1.68. The van der Waals surface area contributed by atoms with Gasteiger partial charge in [0.2, 0.25) is 0 Å². The van der Waals surface area contributed by atoms with Gasteiger partial charge in [0.25, 0.3) is 5.91 Å². The van der Waals surface area contributed by atoms with Crippen LogP contribution in [-0.4, -0.2) is 33.9 Å². The van der Waals surface area contributed by atoms with E-state index in [9.17, 15) is 4.79 Å². The molecule has 1 amide bonds. The Morgan fingerprint density at radius 2 is 2.38 bits per heavy atom. The van der Waals surface area contributed by atoms with Crippen LogP contribution in [0.1, 0.15) is 29.0 Å². The van der Waals surface area contributed by atoms with Gasteiger partial charge in [0.1, 0.15) is 23.8 Å². The van der Waals surface area contributed by atoms with E-state index in [0.717, 1.165) is 24.9 Å². The summed E-state index contributed by atoms with van der Waals surface area (Å²) in [4.78, 5) is 16.5. The standard InChI is InChI=1S/C15H15N5O/c16-6-11-2-1-10-5-14(18-8-20(10)11)15(21)19-13-4-9-3-12(13)17-7-9/h1-2,5,8-9,12-13,17H,3-4,7H2,(H,19,21). The molecule has 1 saturated heterocycles. The first-order chi connectivity index (χ1) is 10.2. The summed E-state index contributed by atoms with van der Waals surface area (Å²) in [5.74, 6) is 0.552. The molecule has 3 atom stereocenters. The van der Waals surface area contributed by atoms with Crippen molar-refractivity contribution < 1.29 is 4.79 Å². The van der Waals surface area contributed by atoms with Gasteiger partial charge in [-0.05, 0) is 43.5 Å². The van der Waals surface area contributed by atoms with E-state index in [4.69, 9.17) is 5.26 Å². The number of aromatic nitrogens is 2. The van der Waals surface area contributed by atoms with E-state index in [1.807, 2.05) is 6.07 Å². The van der Waals surface area contributed by atoms with E-state index in [-0.39, 0.29) is 11.9 Å². The number of nitriles is 1. The lowest BCUT2D eigenvalue weighted by molar-refractivity contribution is 0.0923. The van der Waals surface area contributed by atoms with Crippen LogP contribution in [0.15, 0.2) is 24.5 Å². The van der Waals surface area contributed by atoms with Crippen LogP contribution in [0.4, 0.5) is 0 Å². The molecule has 0 spiro atoms. The fourth-order valence-electron chi connectivity index (χ4n) is 3.48. The van der Waals surface area contributed by atoms with Crippen LogP contribution in [0, 0.1) is 17.2 Å². The molecule has 4 rings (SSSR count). The smallest absolute Gasteiger partial charge is 0.270 e. The highest BCUT2D eigenvalue weighted by Crippen LogP contribution is 2.31. The number of fused-ring (bicyclic) bond motifs is 3. The van der Waals surface area contributed by atoms with E-state index < -0.39 is 0 Å². The lowest BCUT2D eigenvalue weighted by Gasteiger charge is -2.23. The number of hydrogen-bond acceptors (Lipinski definition) is 4. The van der Waals surface area contributed by atoms with Crippen molar-refractivity contribution in [3.05, 3.63) is 35.9 Å². The molecule has 6 nitrogen and oxygen atoms in total. The van der Waals surface area contributed by atoms with E-state index in [2.05, 4.69) is 21.7 Å². The highest BCUT2D eigenvalue weighted by Gasteiger charge is 2.40. The largest absolute Gasteiger partial charge is 0.346 e. The Hall–Kier alpha value is -2.39. The third-order valence-corrected chi connectivity index (χ3v) is 4.54. The summed E-state index contributed by atoms with van der Waals surface area (Å²) in [7, 11) is 0. The van der Waals surface area contributed by atoms with E-state index >= 15 is 0 Å². The molecule has 2 aromatic rings. The summed E-state index contributed by atoms with van der Waals surface area (Å²) in [5, 5.41) is 15.5. The Kier molecular flexibility index (Phi) is 2.69. The molecule has 1 aliphatic heterocycles. The van der Waals surface area contributed by atoms with Gasteiger partial charge in [-0.3, -0.25) is 9.20 Å². The maximum atomic E-state index is 12.3. The molecular weight excluding hydrogens is 266 g/mol. The molecule has 2 fully saturated rings. The molecule has 2 aromatic heterocycles. The minimum absolute atomic E-state index is 0.142. The van der Waals surface area contributed by atoms with Gasteiger partial charge < -0.3 is 10.6 Å². The summed E-state index contributed by atoms with van der Waals surface area (Å²) in [6.45, 7) is 1.07. The molecule has 3 unspecified atom stereocenters. The molecule has 1 aliphatic carbocycles. The highest BCUT2D eigenvalue weighted by atomic mass is 16.2. The molecule has 6 heteroatoms. The first-order valence-electron chi connectivity index (χ1n) is 7.16. The van der Waals surface area contributed by atoms with Crippen molar-refractivity contribution in [3.63, 3.8) is 0 Å². The molecule has 21 heavy (non-hydrogen) atoms. The lowest BCUT2D eigenvalue weighted by Crippen LogP contribution is -2.48. The number of hydrogen-bond donors (Lipinski definition) is 2. The van der Waals surface area contributed by atoms with Crippen LogP contribution >= 0.6 is 0 Å². The Bertz CT molecular complexity index is 759. The van der Waals surface area contributed by atoms with Crippen molar-refractivity contribution >= 4 is 11.4 Å². The van der Waals surface area contributed by atoms with Gasteiger partial charge in [-0.2, -0.15) is 5.26 Å². The molecular formula is C15H15N5O. The molecule has 2 bridgehead atoms. The topological polar surface area (TPSA) is 82.2 Å². The summed E-state index contributed by atoms with van der Waals surface area (Å²) in [6, 6.07) is 7.95. The van der Waals surface area contributed by atoms with Crippen molar-refractivity contribution in [2.45, 2.75) is 24.9 Å². The second-order valence-corrected chi connectivity index (χ2v) is 5.83. The number of piperidine rings is 1. The normalized spacial score (nSPS) is 26.9. The van der Waals surface area contributed by atoms with Crippen molar-refractivity contribution in [3.8, 4) is 6.07 Å². The van der Waals surface area contributed by atoms with E-state index in [1.165, 1.54) is 6.33 Å². The van der Waals surface area contributed by atoms with Crippen molar-refractivity contribution in [1.82, 2.24) is 20.0 Å². The maximum Gasteiger partial charge on any atom is 0.270 e. The molecule has 1 saturated carbocycles. The van der Waals surface area contributed by atoms with Crippen molar-refractivity contribution in [1.29, 1.82) is 5.26 Å². The Labute approximate surface area is 121 Å². The maximum absolute atomic E-state index is 12.3. The SMILES string of the molecule is N#Cc1ccc2cc(C(=O)NC3CC4CNC3C4)ncn12. The number of nitrogens with zero attached hydrogens (tertiary/aromatic N) is 3. The zero-order chi connectivity index (χ0) is 14.4. The van der Waals surface area contributed by atoms with Gasteiger partial charge in [0.15, 0.2) is 0 Å². The van der Waals surface area contributed by atoms with Crippen LogP contribution in [0.2, 0.25) is 0 Å². The molecule has 0 radical (unpaired) electrons. The van der Waals surface area contributed by atoms with Crippen molar-refractivity contribution in [2.75, 3.05) is 6.54 Å². The quantitative estimate of drug-likeness (QED) is 0.848. The Morgan fingerprint density at radius 1 is 1.48 bits per heavy atom. The summed E-state index contributed by atoms with van der Waals surface area (Å²) in [6.07, 6.45) is 3.73. The minimum atomic E-state index is -0.142. The fraction of sp³-hybridized carbons (Fsp3) is 0.400.